The quantitative estimate of drug-likeness (QED) is 0.691. The highest BCUT2D eigenvalue weighted by molar-refractivity contribution is 4.93. The lowest BCUT2D eigenvalue weighted by molar-refractivity contribution is 0.561. The third-order valence-corrected chi connectivity index (χ3v) is 2.39. The van der Waals surface area contributed by atoms with Gasteiger partial charge in [-0.15, -0.1) is 0 Å². The van der Waals surface area contributed by atoms with Crippen LogP contribution < -0.4 is 10.9 Å². The first-order valence-corrected chi connectivity index (χ1v) is 5.71. The molecule has 0 amide bonds. The molecule has 0 aliphatic heterocycles. The molecule has 84 valence electrons. The molecule has 0 atom stereocenters. The topological polar surface area (TPSA) is 34.0 Å². The molecule has 0 fully saturated rings. The standard InChI is InChI=1S/C12H20N2O/c1-2-3-5-8-13-9-11-14-10-6-4-7-12(14)15/h4,6-7,10,13H,2-3,5,8-9,11H2,1H3. The lowest BCUT2D eigenvalue weighted by Gasteiger charge is -2.06. The van der Waals surface area contributed by atoms with Crippen LogP contribution in [0.4, 0.5) is 0 Å². The van der Waals surface area contributed by atoms with Gasteiger partial charge in [0.25, 0.3) is 5.56 Å². The molecule has 1 rings (SSSR count). The van der Waals surface area contributed by atoms with E-state index in [1.165, 1.54) is 19.3 Å². The Morgan fingerprint density at radius 1 is 1.27 bits per heavy atom. The fourth-order valence-electron chi connectivity index (χ4n) is 1.47. The Kier molecular flexibility index (Phi) is 5.78. The van der Waals surface area contributed by atoms with Crippen molar-refractivity contribution in [1.29, 1.82) is 0 Å². The summed E-state index contributed by atoms with van der Waals surface area (Å²) < 4.78 is 1.73. The fraction of sp³-hybridized carbons (Fsp3) is 0.583. The third-order valence-electron chi connectivity index (χ3n) is 2.39. The summed E-state index contributed by atoms with van der Waals surface area (Å²) in [7, 11) is 0. The van der Waals surface area contributed by atoms with Crippen LogP contribution in [-0.4, -0.2) is 17.7 Å². The zero-order valence-electron chi connectivity index (χ0n) is 9.41. The highest BCUT2D eigenvalue weighted by atomic mass is 16.1. The number of aromatic nitrogens is 1. The van der Waals surface area contributed by atoms with Crippen molar-refractivity contribution >= 4 is 0 Å². The highest BCUT2D eigenvalue weighted by Crippen LogP contribution is 1.90. The third kappa shape index (κ3) is 4.79. The van der Waals surface area contributed by atoms with Crippen molar-refractivity contribution in [3.63, 3.8) is 0 Å². The van der Waals surface area contributed by atoms with Gasteiger partial charge in [0, 0.05) is 25.4 Å². The van der Waals surface area contributed by atoms with Crippen molar-refractivity contribution in [2.45, 2.75) is 32.7 Å². The lowest BCUT2D eigenvalue weighted by atomic mass is 10.2. The Morgan fingerprint density at radius 2 is 2.13 bits per heavy atom. The highest BCUT2D eigenvalue weighted by Gasteiger charge is 1.92. The predicted octanol–water partition coefficient (Wildman–Crippen LogP) is 1.63. The van der Waals surface area contributed by atoms with Crippen molar-refractivity contribution in [1.82, 2.24) is 9.88 Å². The number of hydrogen-bond acceptors (Lipinski definition) is 2. The Hall–Kier alpha value is -1.09. The SMILES string of the molecule is CCCCCNCCn1ccccc1=O. The molecular formula is C12H20N2O. The summed E-state index contributed by atoms with van der Waals surface area (Å²) in [5.41, 5.74) is 0.0767. The van der Waals surface area contributed by atoms with Crippen LogP contribution in [0.5, 0.6) is 0 Å². The van der Waals surface area contributed by atoms with E-state index in [0.717, 1.165) is 19.6 Å². The molecular weight excluding hydrogens is 188 g/mol. The number of hydrogen-bond donors (Lipinski definition) is 1. The van der Waals surface area contributed by atoms with E-state index < -0.39 is 0 Å². The average Bonchev–Trinajstić information content (AvgIpc) is 2.25. The van der Waals surface area contributed by atoms with Gasteiger partial charge in [0.2, 0.25) is 0 Å². The first-order valence-electron chi connectivity index (χ1n) is 5.71. The molecule has 0 unspecified atom stereocenters. The van der Waals surface area contributed by atoms with Crippen molar-refractivity contribution in [3.05, 3.63) is 34.7 Å². The molecule has 0 aliphatic rings. The molecule has 0 saturated carbocycles. The van der Waals surface area contributed by atoms with Gasteiger partial charge in [0.05, 0.1) is 0 Å². The maximum atomic E-state index is 11.3. The molecule has 1 aromatic rings. The average molecular weight is 208 g/mol. The molecule has 1 aromatic heterocycles. The lowest BCUT2D eigenvalue weighted by Crippen LogP contribution is -2.26. The van der Waals surface area contributed by atoms with Gasteiger partial charge < -0.3 is 9.88 Å². The van der Waals surface area contributed by atoms with E-state index in [4.69, 9.17) is 0 Å². The van der Waals surface area contributed by atoms with Gasteiger partial charge in [-0.3, -0.25) is 4.79 Å². The number of nitrogens with zero attached hydrogens (tertiary/aromatic N) is 1. The van der Waals surface area contributed by atoms with Crippen LogP contribution in [0, 0.1) is 0 Å². The number of unbranched alkanes of at least 4 members (excludes halogenated alkanes) is 2. The van der Waals surface area contributed by atoms with Crippen LogP contribution >= 0.6 is 0 Å². The summed E-state index contributed by atoms with van der Waals surface area (Å²) in [5.74, 6) is 0. The van der Waals surface area contributed by atoms with Crippen molar-refractivity contribution < 1.29 is 0 Å². The molecule has 0 aliphatic carbocycles. The van der Waals surface area contributed by atoms with E-state index in [0.29, 0.717) is 0 Å². The molecule has 3 nitrogen and oxygen atoms in total. The zero-order chi connectivity index (χ0) is 10.9. The van der Waals surface area contributed by atoms with E-state index in [-0.39, 0.29) is 5.56 Å². The van der Waals surface area contributed by atoms with E-state index in [2.05, 4.69) is 12.2 Å². The van der Waals surface area contributed by atoms with E-state index in [9.17, 15) is 4.79 Å². The van der Waals surface area contributed by atoms with Crippen LogP contribution in [-0.2, 0) is 6.54 Å². The first kappa shape index (κ1) is 12.0. The smallest absolute Gasteiger partial charge is 0.250 e. The Bertz CT molecular complexity index is 319. The van der Waals surface area contributed by atoms with E-state index in [1.807, 2.05) is 12.3 Å². The number of rotatable bonds is 7. The van der Waals surface area contributed by atoms with Gasteiger partial charge >= 0.3 is 0 Å². The summed E-state index contributed by atoms with van der Waals surface area (Å²) in [6.07, 6.45) is 5.58. The second-order valence-corrected chi connectivity index (χ2v) is 3.69. The van der Waals surface area contributed by atoms with Gasteiger partial charge in [-0.05, 0) is 19.0 Å². The van der Waals surface area contributed by atoms with Gasteiger partial charge in [0.1, 0.15) is 0 Å². The Labute approximate surface area is 91.1 Å². The molecule has 0 saturated heterocycles. The summed E-state index contributed by atoms with van der Waals surface area (Å²) in [5, 5.41) is 3.34. The minimum Gasteiger partial charge on any atom is -0.315 e. The molecule has 0 bridgehead atoms. The minimum absolute atomic E-state index is 0.0767. The second kappa shape index (κ2) is 7.23. The molecule has 0 aromatic carbocycles. The van der Waals surface area contributed by atoms with Crippen LogP contribution in [0.25, 0.3) is 0 Å². The van der Waals surface area contributed by atoms with Gasteiger partial charge in [-0.1, -0.05) is 25.8 Å². The predicted molar refractivity (Wildman–Crippen MR) is 63.1 cm³/mol. The van der Waals surface area contributed by atoms with Crippen LogP contribution in [0.1, 0.15) is 26.2 Å². The number of nitrogens with one attached hydrogen (secondary N) is 1. The minimum atomic E-state index is 0.0767. The summed E-state index contributed by atoms with van der Waals surface area (Å²) in [6, 6.07) is 5.25. The number of pyridine rings is 1. The first-order chi connectivity index (χ1) is 7.34. The van der Waals surface area contributed by atoms with Crippen LogP contribution in [0.2, 0.25) is 0 Å². The maximum absolute atomic E-state index is 11.3. The Morgan fingerprint density at radius 3 is 2.87 bits per heavy atom. The van der Waals surface area contributed by atoms with Crippen molar-refractivity contribution in [3.8, 4) is 0 Å². The molecule has 1 heterocycles. The molecule has 1 N–H and O–H groups in total. The van der Waals surface area contributed by atoms with Crippen molar-refractivity contribution in [2.24, 2.45) is 0 Å². The summed E-state index contributed by atoms with van der Waals surface area (Å²) >= 11 is 0. The van der Waals surface area contributed by atoms with Crippen LogP contribution in [0.3, 0.4) is 0 Å². The van der Waals surface area contributed by atoms with E-state index in [1.54, 1.807) is 16.7 Å². The van der Waals surface area contributed by atoms with Gasteiger partial charge in [-0.25, -0.2) is 0 Å². The second-order valence-electron chi connectivity index (χ2n) is 3.69. The summed E-state index contributed by atoms with van der Waals surface area (Å²) in [6.45, 7) is 4.87. The fourth-order valence-corrected chi connectivity index (χ4v) is 1.47. The molecule has 3 heteroatoms. The summed E-state index contributed by atoms with van der Waals surface area (Å²) in [4.78, 5) is 11.3. The van der Waals surface area contributed by atoms with Gasteiger partial charge in [0.15, 0.2) is 0 Å². The normalized spacial score (nSPS) is 10.5. The largest absolute Gasteiger partial charge is 0.315 e. The van der Waals surface area contributed by atoms with Crippen LogP contribution in [0.15, 0.2) is 29.2 Å². The zero-order valence-corrected chi connectivity index (χ0v) is 9.41. The van der Waals surface area contributed by atoms with Crippen molar-refractivity contribution in [2.75, 3.05) is 13.1 Å². The van der Waals surface area contributed by atoms with Gasteiger partial charge in [-0.2, -0.15) is 0 Å². The molecule has 0 radical (unpaired) electrons. The molecule has 15 heavy (non-hydrogen) atoms. The maximum Gasteiger partial charge on any atom is 0.250 e. The monoisotopic (exact) mass is 208 g/mol. The molecule has 0 spiro atoms. The Balaban J connectivity index is 2.15. The van der Waals surface area contributed by atoms with E-state index >= 15 is 0 Å².